The molecule has 0 atom stereocenters. The third kappa shape index (κ3) is 4.84. The Morgan fingerprint density at radius 2 is 1.85 bits per heavy atom. The molecular formula is C19H17F4NO2. The van der Waals surface area contributed by atoms with Crippen LogP contribution in [0.5, 0.6) is 0 Å². The van der Waals surface area contributed by atoms with E-state index in [1.165, 1.54) is 18.2 Å². The number of anilines is 2. The third-order valence-electron chi connectivity index (χ3n) is 3.77. The van der Waals surface area contributed by atoms with Crippen molar-refractivity contribution in [3.63, 3.8) is 0 Å². The van der Waals surface area contributed by atoms with Crippen LogP contribution >= 0.6 is 0 Å². The van der Waals surface area contributed by atoms with Gasteiger partial charge in [0.05, 0.1) is 16.8 Å². The summed E-state index contributed by atoms with van der Waals surface area (Å²) in [7, 11) is 0. The van der Waals surface area contributed by atoms with E-state index in [-0.39, 0.29) is 5.69 Å². The Morgan fingerprint density at radius 3 is 2.46 bits per heavy atom. The molecule has 0 aliphatic rings. The van der Waals surface area contributed by atoms with Crippen molar-refractivity contribution in [1.29, 1.82) is 0 Å². The lowest BCUT2D eigenvalue weighted by Gasteiger charge is -2.16. The second-order valence-electron chi connectivity index (χ2n) is 5.67. The fourth-order valence-electron chi connectivity index (χ4n) is 2.48. The predicted molar refractivity (Wildman–Crippen MR) is 91.2 cm³/mol. The van der Waals surface area contributed by atoms with Crippen LogP contribution in [0.4, 0.5) is 28.9 Å². The molecule has 2 aromatic rings. The van der Waals surface area contributed by atoms with Crippen LogP contribution in [-0.4, -0.2) is 11.1 Å². The molecule has 3 nitrogen and oxygen atoms in total. The first-order valence-electron chi connectivity index (χ1n) is 7.83. The first-order chi connectivity index (χ1) is 12.2. The Balaban J connectivity index is 2.38. The Morgan fingerprint density at radius 1 is 1.15 bits per heavy atom. The van der Waals surface area contributed by atoms with Gasteiger partial charge in [-0.2, -0.15) is 13.2 Å². The number of hydrogen-bond acceptors (Lipinski definition) is 2. The highest BCUT2D eigenvalue weighted by atomic mass is 19.4. The number of unbranched alkanes of at least 4 members (excludes halogenated alkanes) is 1. The second-order valence-corrected chi connectivity index (χ2v) is 5.67. The van der Waals surface area contributed by atoms with Gasteiger partial charge in [0.15, 0.2) is 0 Å². The number of alkyl halides is 3. The fraction of sp³-hybridized carbons (Fsp3) is 0.211. The van der Waals surface area contributed by atoms with E-state index in [0.29, 0.717) is 30.2 Å². The predicted octanol–water partition coefficient (Wildman–Crippen LogP) is 5.80. The Hall–Kier alpha value is -2.83. The minimum atomic E-state index is -4.64. The second kappa shape index (κ2) is 8.03. The van der Waals surface area contributed by atoms with Gasteiger partial charge in [-0.15, -0.1) is 6.58 Å². The van der Waals surface area contributed by atoms with Gasteiger partial charge in [-0.3, -0.25) is 0 Å². The molecular weight excluding hydrogens is 350 g/mol. The number of aromatic carboxylic acids is 1. The molecule has 0 bridgehead atoms. The normalized spacial score (nSPS) is 11.2. The molecule has 0 amide bonds. The lowest BCUT2D eigenvalue weighted by atomic mass is 10.0. The number of benzene rings is 2. The SMILES string of the molecule is C=CCCCc1cc(F)ccc1Nc1ccc(C(F)(F)F)cc1C(=O)O. The zero-order valence-electron chi connectivity index (χ0n) is 13.7. The lowest BCUT2D eigenvalue weighted by Crippen LogP contribution is -2.10. The van der Waals surface area contributed by atoms with Crippen molar-refractivity contribution in [2.75, 3.05) is 5.32 Å². The standard InChI is InChI=1S/C19H17F4NO2/c1-2-3-4-5-12-10-14(20)7-9-16(12)24-17-8-6-13(19(21,22)23)11-15(17)18(25)26/h2,6-11,24H,1,3-5H2,(H,25,26). The van der Waals surface area contributed by atoms with Crippen LogP contribution in [0.25, 0.3) is 0 Å². The van der Waals surface area contributed by atoms with Gasteiger partial charge in [-0.25, -0.2) is 9.18 Å². The summed E-state index contributed by atoms with van der Waals surface area (Å²) in [5.41, 5.74) is -0.519. The Kier molecular flexibility index (Phi) is 6.02. The number of carboxylic acids is 1. The number of hydrogen-bond donors (Lipinski definition) is 2. The molecule has 138 valence electrons. The highest BCUT2D eigenvalue weighted by molar-refractivity contribution is 5.95. The molecule has 0 aliphatic carbocycles. The van der Waals surface area contributed by atoms with Crippen LogP contribution in [0.3, 0.4) is 0 Å². The molecule has 0 unspecified atom stereocenters. The molecule has 0 aliphatic heterocycles. The summed E-state index contributed by atoms with van der Waals surface area (Å²) in [6, 6.07) is 6.38. The number of rotatable bonds is 7. The quantitative estimate of drug-likeness (QED) is 0.370. The topological polar surface area (TPSA) is 49.3 Å². The van der Waals surface area contributed by atoms with Gasteiger partial charge < -0.3 is 10.4 Å². The van der Waals surface area contributed by atoms with E-state index >= 15 is 0 Å². The number of halogens is 4. The first kappa shape index (κ1) is 19.5. The molecule has 0 fully saturated rings. The summed E-state index contributed by atoms with van der Waals surface area (Å²) in [6.07, 6.45) is -0.981. The Labute approximate surface area is 148 Å². The van der Waals surface area contributed by atoms with Crippen molar-refractivity contribution >= 4 is 17.3 Å². The number of carboxylic acid groups (broad SMARTS) is 1. The summed E-state index contributed by atoms with van der Waals surface area (Å²) >= 11 is 0. The van der Waals surface area contributed by atoms with Crippen LogP contribution < -0.4 is 5.32 Å². The van der Waals surface area contributed by atoms with E-state index < -0.39 is 29.1 Å². The van der Waals surface area contributed by atoms with Crippen molar-refractivity contribution in [1.82, 2.24) is 0 Å². The highest BCUT2D eigenvalue weighted by Crippen LogP contribution is 2.33. The van der Waals surface area contributed by atoms with Gasteiger partial charge >= 0.3 is 12.1 Å². The Bertz CT molecular complexity index is 816. The summed E-state index contributed by atoms with van der Waals surface area (Å²) in [6.45, 7) is 3.61. The summed E-state index contributed by atoms with van der Waals surface area (Å²) in [4.78, 5) is 11.4. The van der Waals surface area contributed by atoms with E-state index in [1.54, 1.807) is 6.08 Å². The molecule has 0 saturated carbocycles. The van der Waals surface area contributed by atoms with Crippen molar-refractivity contribution in [3.8, 4) is 0 Å². The minimum absolute atomic E-state index is 0.00192. The molecule has 7 heteroatoms. The number of carbonyl (C=O) groups is 1. The largest absolute Gasteiger partial charge is 0.478 e. The molecule has 0 aromatic heterocycles. The van der Waals surface area contributed by atoms with Crippen molar-refractivity contribution in [2.45, 2.75) is 25.4 Å². The number of nitrogens with one attached hydrogen (secondary N) is 1. The van der Waals surface area contributed by atoms with Crippen LogP contribution in [0.15, 0.2) is 49.1 Å². The van der Waals surface area contributed by atoms with Gasteiger partial charge in [-0.05, 0) is 61.2 Å². The summed E-state index contributed by atoms with van der Waals surface area (Å²) in [5, 5.41) is 12.1. The fourth-order valence-corrected chi connectivity index (χ4v) is 2.48. The smallest absolute Gasteiger partial charge is 0.416 e. The molecule has 0 spiro atoms. The summed E-state index contributed by atoms with van der Waals surface area (Å²) in [5.74, 6) is -1.94. The maximum absolute atomic E-state index is 13.5. The van der Waals surface area contributed by atoms with Crippen LogP contribution in [-0.2, 0) is 12.6 Å². The van der Waals surface area contributed by atoms with Crippen molar-refractivity contribution in [3.05, 3.63) is 71.6 Å². The van der Waals surface area contributed by atoms with Gasteiger partial charge in [0, 0.05) is 5.69 Å². The van der Waals surface area contributed by atoms with Gasteiger partial charge in [0.1, 0.15) is 5.82 Å². The molecule has 26 heavy (non-hydrogen) atoms. The van der Waals surface area contributed by atoms with Gasteiger partial charge in [-0.1, -0.05) is 6.08 Å². The van der Waals surface area contributed by atoms with E-state index in [9.17, 15) is 27.5 Å². The third-order valence-corrected chi connectivity index (χ3v) is 3.77. The van der Waals surface area contributed by atoms with Crippen LogP contribution in [0, 0.1) is 5.82 Å². The summed E-state index contributed by atoms with van der Waals surface area (Å²) < 4.78 is 51.9. The van der Waals surface area contributed by atoms with Gasteiger partial charge in [0.2, 0.25) is 0 Å². The monoisotopic (exact) mass is 367 g/mol. The van der Waals surface area contributed by atoms with E-state index in [1.807, 2.05) is 0 Å². The molecule has 2 rings (SSSR count). The first-order valence-corrected chi connectivity index (χ1v) is 7.83. The highest BCUT2D eigenvalue weighted by Gasteiger charge is 2.31. The molecule has 2 N–H and O–H groups in total. The lowest BCUT2D eigenvalue weighted by molar-refractivity contribution is -0.137. The molecule has 0 heterocycles. The molecule has 0 radical (unpaired) electrons. The van der Waals surface area contributed by atoms with Crippen molar-refractivity contribution in [2.24, 2.45) is 0 Å². The molecule has 2 aromatic carbocycles. The van der Waals surface area contributed by atoms with E-state index in [4.69, 9.17) is 0 Å². The maximum Gasteiger partial charge on any atom is 0.416 e. The zero-order chi connectivity index (χ0) is 19.3. The van der Waals surface area contributed by atoms with E-state index in [2.05, 4.69) is 11.9 Å². The van der Waals surface area contributed by atoms with Gasteiger partial charge in [0.25, 0.3) is 0 Å². The van der Waals surface area contributed by atoms with Crippen LogP contribution in [0.1, 0.15) is 34.3 Å². The zero-order valence-corrected chi connectivity index (χ0v) is 13.7. The average Bonchev–Trinajstić information content (AvgIpc) is 2.56. The molecule has 0 saturated heterocycles. The number of allylic oxidation sites excluding steroid dienone is 1. The minimum Gasteiger partial charge on any atom is -0.478 e. The average molecular weight is 367 g/mol. The van der Waals surface area contributed by atoms with Crippen molar-refractivity contribution < 1.29 is 27.5 Å². The maximum atomic E-state index is 13.5. The van der Waals surface area contributed by atoms with E-state index in [0.717, 1.165) is 18.6 Å². The van der Waals surface area contributed by atoms with Crippen LogP contribution in [0.2, 0.25) is 0 Å². The number of aryl methyl sites for hydroxylation is 1.